The van der Waals surface area contributed by atoms with Crippen molar-refractivity contribution < 1.29 is 39.0 Å². The predicted molar refractivity (Wildman–Crippen MR) is 118 cm³/mol. The molecule has 188 valence electrons. The van der Waals surface area contributed by atoms with Gasteiger partial charge in [0.15, 0.2) is 0 Å². The van der Waals surface area contributed by atoms with E-state index in [1.54, 1.807) is 6.26 Å². The zero-order valence-corrected chi connectivity index (χ0v) is 19.1. The molecule has 14 nitrogen and oxygen atoms in total. The fourth-order valence-electron chi connectivity index (χ4n) is 2.51. The summed E-state index contributed by atoms with van der Waals surface area (Å²) in [6, 6.07) is -5.20. The zero-order valence-electron chi connectivity index (χ0n) is 18.2. The van der Waals surface area contributed by atoms with E-state index in [0.717, 1.165) is 0 Å². The molecule has 0 spiro atoms. The number of carboxylic acids is 1. The summed E-state index contributed by atoms with van der Waals surface area (Å²) in [7, 11) is 0. The molecule has 0 fully saturated rings. The number of rotatable bonds is 17. The number of aliphatic hydroxyl groups is 1. The van der Waals surface area contributed by atoms with Crippen LogP contribution < -0.4 is 33.2 Å². The molecule has 11 N–H and O–H groups in total. The fraction of sp³-hybridized carbons (Fsp3) is 0.667. The number of primary amides is 2. The first-order chi connectivity index (χ1) is 15.4. The van der Waals surface area contributed by atoms with E-state index in [9.17, 15) is 33.9 Å². The van der Waals surface area contributed by atoms with Crippen molar-refractivity contribution in [1.29, 1.82) is 0 Å². The summed E-state index contributed by atoms with van der Waals surface area (Å²) in [5.74, 6) is -4.94. The lowest BCUT2D eigenvalue weighted by molar-refractivity contribution is -0.142. The maximum Gasteiger partial charge on any atom is 0.326 e. The average Bonchev–Trinajstić information content (AvgIpc) is 2.74. The maximum absolute atomic E-state index is 12.8. The van der Waals surface area contributed by atoms with Crippen LogP contribution in [-0.4, -0.2) is 88.5 Å². The van der Waals surface area contributed by atoms with E-state index in [1.807, 2.05) is 0 Å². The Morgan fingerprint density at radius 1 is 0.788 bits per heavy atom. The lowest BCUT2D eigenvalue weighted by Crippen LogP contribution is -2.57. The van der Waals surface area contributed by atoms with E-state index in [0.29, 0.717) is 5.75 Å². The monoisotopic (exact) mass is 492 g/mol. The van der Waals surface area contributed by atoms with Crippen LogP contribution in [0.3, 0.4) is 0 Å². The Morgan fingerprint density at radius 2 is 1.21 bits per heavy atom. The number of carbonyl (C=O) groups is 6. The van der Waals surface area contributed by atoms with Gasteiger partial charge in [0.2, 0.25) is 29.5 Å². The summed E-state index contributed by atoms with van der Waals surface area (Å²) in [6.45, 7) is -0.684. The van der Waals surface area contributed by atoms with Crippen LogP contribution in [0.4, 0.5) is 0 Å². The first-order valence-electron chi connectivity index (χ1n) is 9.98. The molecule has 0 aliphatic heterocycles. The molecule has 0 aromatic rings. The highest BCUT2D eigenvalue weighted by Gasteiger charge is 2.30. The van der Waals surface area contributed by atoms with Crippen molar-refractivity contribution in [3.05, 3.63) is 0 Å². The van der Waals surface area contributed by atoms with E-state index in [2.05, 4.69) is 16.0 Å². The second kappa shape index (κ2) is 15.8. The van der Waals surface area contributed by atoms with Gasteiger partial charge in [-0.05, 0) is 31.3 Å². The van der Waals surface area contributed by atoms with Gasteiger partial charge in [-0.2, -0.15) is 11.8 Å². The van der Waals surface area contributed by atoms with E-state index in [1.165, 1.54) is 11.8 Å². The predicted octanol–water partition coefficient (Wildman–Crippen LogP) is -3.87. The third-order valence-electron chi connectivity index (χ3n) is 4.38. The lowest BCUT2D eigenvalue weighted by Gasteiger charge is -2.25. The summed E-state index contributed by atoms with van der Waals surface area (Å²) in [6.07, 6.45) is 0.908. The molecule has 0 saturated heterocycles. The molecule has 0 aliphatic carbocycles. The van der Waals surface area contributed by atoms with E-state index in [-0.39, 0.29) is 32.1 Å². The number of aliphatic hydroxyl groups excluding tert-OH is 1. The lowest BCUT2D eigenvalue weighted by atomic mass is 10.1. The van der Waals surface area contributed by atoms with Crippen LogP contribution in [-0.2, 0) is 28.8 Å². The molecule has 0 aliphatic rings. The second-order valence-corrected chi connectivity index (χ2v) is 8.09. The molecule has 0 radical (unpaired) electrons. The number of carbonyl (C=O) groups excluding carboxylic acids is 5. The summed E-state index contributed by atoms with van der Waals surface area (Å²) in [5.41, 5.74) is 15.6. The van der Waals surface area contributed by atoms with Crippen LogP contribution in [0.2, 0.25) is 0 Å². The Kier molecular flexibility index (Phi) is 14.4. The fourth-order valence-corrected chi connectivity index (χ4v) is 2.98. The SMILES string of the molecule is CSCCC(NC(=O)C(CCC(N)=O)NC(=O)C(N)CO)C(=O)NC(CCC(N)=O)C(=O)O. The minimum absolute atomic E-state index is 0.119. The van der Waals surface area contributed by atoms with Crippen LogP contribution in [0, 0.1) is 0 Å². The number of carboxylic acid groups (broad SMARTS) is 1. The molecule has 0 saturated carbocycles. The number of nitrogens with one attached hydrogen (secondary N) is 3. The molecule has 5 amide bonds. The maximum atomic E-state index is 12.8. The minimum atomic E-state index is -1.41. The van der Waals surface area contributed by atoms with Crippen LogP contribution >= 0.6 is 11.8 Å². The van der Waals surface area contributed by atoms with Gasteiger partial charge in [-0.25, -0.2) is 4.79 Å². The largest absolute Gasteiger partial charge is 0.480 e. The number of hydrogen-bond donors (Lipinski definition) is 8. The van der Waals surface area contributed by atoms with Crippen LogP contribution in [0.15, 0.2) is 0 Å². The number of thioether (sulfide) groups is 1. The first-order valence-corrected chi connectivity index (χ1v) is 11.4. The third kappa shape index (κ3) is 12.6. The molecule has 0 aromatic carbocycles. The second-order valence-electron chi connectivity index (χ2n) is 7.10. The van der Waals surface area contributed by atoms with Crippen LogP contribution in [0.25, 0.3) is 0 Å². The Balaban J connectivity index is 5.46. The number of nitrogens with two attached hydrogens (primary N) is 3. The van der Waals surface area contributed by atoms with Crippen molar-refractivity contribution in [1.82, 2.24) is 16.0 Å². The van der Waals surface area contributed by atoms with Gasteiger partial charge in [0, 0.05) is 12.8 Å². The molecule has 33 heavy (non-hydrogen) atoms. The van der Waals surface area contributed by atoms with Crippen molar-refractivity contribution >= 4 is 47.3 Å². The third-order valence-corrected chi connectivity index (χ3v) is 5.03. The topological polar surface area (TPSA) is 257 Å². The summed E-state index contributed by atoms with van der Waals surface area (Å²) >= 11 is 1.37. The molecule has 0 bridgehead atoms. The van der Waals surface area contributed by atoms with Gasteiger partial charge >= 0.3 is 5.97 Å². The Labute approximate surface area is 194 Å². The molecular formula is C18H32N6O8S. The van der Waals surface area contributed by atoms with Gasteiger partial charge in [-0.1, -0.05) is 0 Å². The molecule has 0 rings (SSSR count). The van der Waals surface area contributed by atoms with Crippen molar-refractivity contribution in [3.8, 4) is 0 Å². The zero-order chi connectivity index (χ0) is 25.6. The molecule has 4 unspecified atom stereocenters. The van der Waals surface area contributed by atoms with E-state index in [4.69, 9.17) is 22.3 Å². The summed E-state index contributed by atoms with van der Waals surface area (Å²) < 4.78 is 0. The highest BCUT2D eigenvalue weighted by atomic mass is 32.2. The number of amides is 5. The first kappa shape index (κ1) is 30.1. The average molecular weight is 493 g/mol. The number of aliphatic carboxylic acids is 1. The molecule has 15 heteroatoms. The molecule has 0 heterocycles. The summed E-state index contributed by atoms with van der Waals surface area (Å²) in [5, 5.41) is 25.3. The van der Waals surface area contributed by atoms with Crippen molar-refractivity contribution in [2.45, 2.75) is 56.3 Å². The van der Waals surface area contributed by atoms with Gasteiger partial charge in [0.05, 0.1) is 6.61 Å². The highest BCUT2D eigenvalue weighted by Crippen LogP contribution is 2.06. The standard InChI is InChI=1S/C18H32N6O8S/c1-33-7-6-11(17(30)24-12(18(31)32)3-5-14(21)27)23-16(29)10(2-4-13(20)26)22-15(28)9(19)8-25/h9-12,25H,2-8,19H2,1H3,(H2,20,26)(H2,21,27)(H,22,28)(H,23,29)(H,24,30)(H,31,32). The van der Waals surface area contributed by atoms with Gasteiger partial charge < -0.3 is 43.4 Å². The van der Waals surface area contributed by atoms with E-state index >= 15 is 0 Å². The molecular weight excluding hydrogens is 460 g/mol. The van der Waals surface area contributed by atoms with Gasteiger partial charge in [0.25, 0.3) is 0 Å². The van der Waals surface area contributed by atoms with Crippen LogP contribution in [0.1, 0.15) is 32.1 Å². The number of hydrogen-bond acceptors (Lipinski definition) is 9. The molecule has 0 aromatic heterocycles. The van der Waals surface area contributed by atoms with Gasteiger partial charge in [-0.15, -0.1) is 0 Å². The normalized spacial score (nSPS) is 14.3. The minimum Gasteiger partial charge on any atom is -0.480 e. The van der Waals surface area contributed by atoms with Crippen molar-refractivity contribution in [2.75, 3.05) is 18.6 Å². The van der Waals surface area contributed by atoms with Crippen molar-refractivity contribution in [3.63, 3.8) is 0 Å². The summed E-state index contributed by atoms with van der Waals surface area (Å²) in [4.78, 5) is 70.9. The molecule has 4 atom stereocenters. The Morgan fingerprint density at radius 3 is 1.64 bits per heavy atom. The Bertz CT molecular complexity index is 722. The van der Waals surface area contributed by atoms with Crippen LogP contribution in [0.5, 0.6) is 0 Å². The van der Waals surface area contributed by atoms with E-state index < -0.39 is 66.3 Å². The Hall–Kier alpha value is -2.91. The smallest absolute Gasteiger partial charge is 0.326 e. The van der Waals surface area contributed by atoms with Crippen molar-refractivity contribution in [2.24, 2.45) is 17.2 Å². The quantitative estimate of drug-likeness (QED) is 0.0979. The van der Waals surface area contributed by atoms with Gasteiger partial charge in [0.1, 0.15) is 24.2 Å². The van der Waals surface area contributed by atoms with Gasteiger partial charge in [-0.3, -0.25) is 24.0 Å². The highest BCUT2D eigenvalue weighted by molar-refractivity contribution is 7.98.